The lowest BCUT2D eigenvalue weighted by atomic mass is 10.1. The monoisotopic (exact) mass is 433 g/mol. The van der Waals surface area contributed by atoms with E-state index in [0.717, 1.165) is 34.5 Å². The van der Waals surface area contributed by atoms with Gasteiger partial charge in [-0.2, -0.15) is 5.10 Å². The van der Waals surface area contributed by atoms with Crippen molar-refractivity contribution in [2.45, 2.75) is 25.4 Å². The minimum absolute atomic E-state index is 0.119. The van der Waals surface area contributed by atoms with Crippen LogP contribution in [0, 0.1) is 6.92 Å². The molecule has 1 amide bonds. The summed E-state index contributed by atoms with van der Waals surface area (Å²) >= 11 is 1.23. The molecule has 8 nitrogen and oxygen atoms in total. The van der Waals surface area contributed by atoms with Crippen molar-refractivity contribution in [3.05, 3.63) is 65.7 Å². The van der Waals surface area contributed by atoms with Gasteiger partial charge >= 0.3 is 0 Å². The van der Waals surface area contributed by atoms with Gasteiger partial charge in [-0.15, -0.1) is 10.2 Å². The topological polar surface area (TPSA) is 115 Å². The molecule has 0 aliphatic carbocycles. The molecule has 4 rings (SSSR count). The van der Waals surface area contributed by atoms with Crippen molar-refractivity contribution in [2.24, 2.45) is 0 Å². The molecule has 0 aliphatic heterocycles. The molecular weight excluding hydrogens is 410 g/mol. The average molecular weight is 434 g/mol. The van der Waals surface area contributed by atoms with Gasteiger partial charge in [0.1, 0.15) is 5.69 Å². The number of nitrogens with one attached hydrogen (secondary N) is 2. The zero-order chi connectivity index (χ0) is 21.8. The fraction of sp³-hybridized carbons (Fsp3) is 0.182. The molecule has 2 heterocycles. The highest BCUT2D eigenvalue weighted by Crippen LogP contribution is 2.25. The lowest BCUT2D eigenvalue weighted by molar-refractivity contribution is -0.113. The highest BCUT2D eigenvalue weighted by Gasteiger charge is 2.17. The molecule has 4 N–H and O–H groups in total. The van der Waals surface area contributed by atoms with Crippen LogP contribution in [-0.4, -0.2) is 36.7 Å². The van der Waals surface area contributed by atoms with Crippen LogP contribution in [0.15, 0.2) is 59.8 Å². The first kappa shape index (κ1) is 20.7. The highest BCUT2D eigenvalue weighted by atomic mass is 32.2. The molecular formula is C22H23N7OS. The number of carbonyl (C=O) groups is 1. The van der Waals surface area contributed by atoms with Gasteiger partial charge in [-0.3, -0.25) is 9.89 Å². The third kappa shape index (κ3) is 4.46. The Kier molecular flexibility index (Phi) is 6.03. The molecule has 2 aromatic carbocycles. The normalized spacial score (nSPS) is 10.9. The van der Waals surface area contributed by atoms with Gasteiger partial charge < -0.3 is 11.2 Å². The van der Waals surface area contributed by atoms with Crippen LogP contribution in [0.3, 0.4) is 0 Å². The van der Waals surface area contributed by atoms with E-state index in [-0.39, 0.29) is 11.7 Å². The molecule has 0 saturated carbocycles. The minimum atomic E-state index is -0.119. The van der Waals surface area contributed by atoms with Crippen LogP contribution in [-0.2, 0) is 11.2 Å². The van der Waals surface area contributed by atoms with Crippen LogP contribution in [0.4, 0.5) is 5.69 Å². The van der Waals surface area contributed by atoms with Crippen LogP contribution in [0.5, 0.6) is 0 Å². The number of H-pyrrole nitrogens is 1. The third-order valence-electron chi connectivity index (χ3n) is 4.89. The number of para-hydroxylation sites is 1. The van der Waals surface area contributed by atoms with Gasteiger partial charge in [0.25, 0.3) is 0 Å². The highest BCUT2D eigenvalue weighted by molar-refractivity contribution is 7.99. The molecule has 0 spiro atoms. The summed E-state index contributed by atoms with van der Waals surface area (Å²) in [5.41, 5.74) is 5.44. The lowest BCUT2D eigenvalue weighted by Crippen LogP contribution is -2.18. The number of aryl methyl sites for hydroxylation is 2. The van der Waals surface area contributed by atoms with Gasteiger partial charge in [-0.1, -0.05) is 67.2 Å². The Morgan fingerprint density at radius 2 is 1.97 bits per heavy atom. The number of rotatable bonds is 7. The third-order valence-corrected chi connectivity index (χ3v) is 5.83. The number of amides is 1. The van der Waals surface area contributed by atoms with E-state index in [2.05, 4.69) is 32.6 Å². The summed E-state index contributed by atoms with van der Waals surface area (Å²) in [5, 5.41) is 19.0. The molecule has 2 aromatic heterocycles. The van der Waals surface area contributed by atoms with Crippen molar-refractivity contribution in [3.8, 4) is 22.8 Å². The molecule has 0 saturated heterocycles. The summed E-state index contributed by atoms with van der Waals surface area (Å²) in [6, 6.07) is 17.7. The summed E-state index contributed by atoms with van der Waals surface area (Å²) < 4.78 is 1.37. The molecule has 9 heteroatoms. The Balaban J connectivity index is 1.44. The quantitative estimate of drug-likeness (QED) is 0.303. The van der Waals surface area contributed by atoms with Crippen molar-refractivity contribution in [3.63, 3.8) is 0 Å². The van der Waals surface area contributed by atoms with Crippen LogP contribution in [0.25, 0.3) is 22.8 Å². The summed E-state index contributed by atoms with van der Waals surface area (Å²) in [7, 11) is 0. The summed E-state index contributed by atoms with van der Waals surface area (Å²) in [4.78, 5) is 12.5. The van der Waals surface area contributed by atoms with Gasteiger partial charge in [-0.05, 0) is 30.5 Å². The molecule has 0 fully saturated rings. The first-order valence-electron chi connectivity index (χ1n) is 9.89. The lowest BCUT2D eigenvalue weighted by Gasteiger charge is -2.12. The number of nitrogen functional groups attached to an aromatic ring is 1. The number of hydrogen-bond acceptors (Lipinski definition) is 6. The SMILES string of the molecule is CCc1cccc(C)c1NC(=O)CSc1nnc(-c2cc(-c3ccccc3)n[nH]2)n1N. The molecule has 31 heavy (non-hydrogen) atoms. The average Bonchev–Trinajstić information content (AvgIpc) is 3.41. The fourth-order valence-electron chi connectivity index (χ4n) is 3.26. The van der Waals surface area contributed by atoms with E-state index >= 15 is 0 Å². The van der Waals surface area contributed by atoms with Crippen molar-refractivity contribution < 1.29 is 4.79 Å². The number of benzene rings is 2. The van der Waals surface area contributed by atoms with Crippen molar-refractivity contribution in [1.82, 2.24) is 25.1 Å². The van der Waals surface area contributed by atoms with Crippen LogP contribution >= 0.6 is 11.8 Å². The number of hydrogen-bond donors (Lipinski definition) is 3. The minimum Gasteiger partial charge on any atom is -0.335 e. The Bertz CT molecular complexity index is 1200. The number of carbonyl (C=O) groups excluding carboxylic acids is 1. The Labute approximate surface area is 184 Å². The second kappa shape index (κ2) is 9.05. The summed E-state index contributed by atoms with van der Waals surface area (Å²) in [6.07, 6.45) is 0.847. The number of thioether (sulfide) groups is 1. The number of nitrogens with zero attached hydrogens (tertiary/aromatic N) is 4. The standard InChI is InChI=1S/C22H23N7OS/c1-3-15-11-7-8-14(2)20(15)24-19(30)13-31-22-28-27-21(29(22)23)18-12-17(25-26-18)16-9-5-4-6-10-16/h4-12H,3,13,23H2,1-2H3,(H,24,30)(H,25,26). The second-order valence-electron chi connectivity index (χ2n) is 7.01. The number of aromatic nitrogens is 5. The molecule has 0 aliphatic rings. The van der Waals surface area contributed by atoms with Crippen LogP contribution < -0.4 is 11.2 Å². The zero-order valence-electron chi connectivity index (χ0n) is 17.3. The van der Waals surface area contributed by atoms with Crippen LogP contribution in [0.2, 0.25) is 0 Å². The van der Waals surface area contributed by atoms with Gasteiger partial charge in [0.15, 0.2) is 0 Å². The zero-order valence-corrected chi connectivity index (χ0v) is 18.1. The Morgan fingerprint density at radius 3 is 2.74 bits per heavy atom. The number of nitrogens with two attached hydrogens (primary N) is 1. The van der Waals surface area contributed by atoms with E-state index in [4.69, 9.17) is 5.84 Å². The number of anilines is 1. The predicted octanol–water partition coefficient (Wildman–Crippen LogP) is 3.65. The van der Waals surface area contributed by atoms with Gasteiger partial charge in [0, 0.05) is 11.3 Å². The molecule has 0 bridgehead atoms. The molecule has 0 unspecified atom stereocenters. The van der Waals surface area contributed by atoms with E-state index in [1.54, 1.807) is 0 Å². The van der Waals surface area contributed by atoms with Gasteiger partial charge in [0.05, 0.1) is 11.4 Å². The molecule has 158 valence electrons. The first-order valence-corrected chi connectivity index (χ1v) is 10.9. The maximum Gasteiger partial charge on any atom is 0.234 e. The maximum absolute atomic E-state index is 12.5. The van der Waals surface area contributed by atoms with Crippen molar-refractivity contribution in [2.75, 3.05) is 16.9 Å². The second-order valence-corrected chi connectivity index (χ2v) is 7.95. The van der Waals surface area contributed by atoms with Crippen LogP contribution in [0.1, 0.15) is 18.1 Å². The van der Waals surface area contributed by atoms with Gasteiger partial charge in [-0.25, -0.2) is 4.68 Å². The largest absolute Gasteiger partial charge is 0.335 e. The molecule has 0 radical (unpaired) electrons. The smallest absolute Gasteiger partial charge is 0.234 e. The predicted molar refractivity (Wildman–Crippen MR) is 123 cm³/mol. The van der Waals surface area contributed by atoms with E-state index < -0.39 is 0 Å². The fourth-order valence-corrected chi connectivity index (χ4v) is 3.92. The van der Waals surface area contributed by atoms with Gasteiger partial charge in [0.2, 0.25) is 16.9 Å². The van der Waals surface area contributed by atoms with E-state index in [1.165, 1.54) is 16.4 Å². The maximum atomic E-state index is 12.5. The van der Waals surface area contributed by atoms with E-state index in [1.807, 2.05) is 61.5 Å². The Morgan fingerprint density at radius 1 is 1.16 bits per heavy atom. The van der Waals surface area contributed by atoms with E-state index in [9.17, 15) is 4.79 Å². The Hall–Kier alpha value is -3.59. The van der Waals surface area contributed by atoms with Crippen molar-refractivity contribution >= 4 is 23.4 Å². The molecule has 4 aromatic rings. The van der Waals surface area contributed by atoms with E-state index in [0.29, 0.717) is 16.7 Å². The number of aromatic amines is 1. The first-order chi connectivity index (χ1) is 15.1. The molecule has 0 atom stereocenters. The summed E-state index contributed by atoms with van der Waals surface area (Å²) in [6.45, 7) is 4.05. The summed E-state index contributed by atoms with van der Waals surface area (Å²) in [5.74, 6) is 6.68. The van der Waals surface area contributed by atoms with Crippen molar-refractivity contribution in [1.29, 1.82) is 0 Å².